The maximum atomic E-state index is 12.5. The third kappa shape index (κ3) is 3.65. The highest BCUT2D eigenvalue weighted by Crippen LogP contribution is 2.26. The van der Waals surface area contributed by atoms with E-state index in [4.69, 9.17) is 16.3 Å². The highest BCUT2D eigenvalue weighted by molar-refractivity contribution is 6.31. The van der Waals surface area contributed by atoms with Gasteiger partial charge in [0, 0.05) is 37.1 Å². The fourth-order valence-electron chi connectivity index (χ4n) is 3.22. The van der Waals surface area contributed by atoms with Gasteiger partial charge in [-0.2, -0.15) is 0 Å². The Hall–Kier alpha value is -1.79. The molecule has 0 aromatic heterocycles. The maximum absolute atomic E-state index is 12.5. The third-order valence-electron chi connectivity index (χ3n) is 4.64. The summed E-state index contributed by atoms with van der Waals surface area (Å²) in [4.78, 5) is 28.6. The van der Waals surface area contributed by atoms with E-state index in [1.807, 2.05) is 4.90 Å². The van der Waals surface area contributed by atoms with Gasteiger partial charge < -0.3 is 19.6 Å². The number of benzene rings is 1. The third-order valence-corrected chi connectivity index (χ3v) is 4.88. The zero-order chi connectivity index (χ0) is 17.1. The molecule has 2 fully saturated rings. The van der Waals surface area contributed by atoms with Crippen LogP contribution in [0.25, 0.3) is 0 Å². The summed E-state index contributed by atoms with van der Waals surface area (Å²) >= 11 is 5.91. The van der Waals surface area contributed by atoms with Gasteiger partial charge in [-0.3, -0.25) is 9.59 Å². The normalized spacial score (nSPS) is 19.4. The van der Waals surface area contributed by atoms with Crippen LogP contribution in [0.2, 0.25) is 5.02 Å². The lowest BCUT2D eigenvalue weighted by molar-refractivity contribution is -0.141. The number of hydrogen-bond acceptors (Lipinski definition) is 4. The smallest absolute Gasteiger partial charge is 0.257 e. The fraction of sp³-hybridized carbons (Fsp3) is 0.529. The molecule has 7 heteroatoms. The Bertz CT molecular complexity index is 623. The highest BCUT2D eigenvalue weighted by atomic mass is 35.5. The fourth-order valence-corrected chi connectivity index (χ4v) is 3.39. The van der Waals surface area contributed by atoms with E-state index in [1.54, 1.807) is 11.0 Å². The Morgan fingerprint density at radius 1 is 1.08 bits per heavy atom. The molecule has 0 radical (unpaired) electrons. The Kier molecular flexibility index (Phi) is 5.26. The largest absolute Gasteiger partial charge is 0.507 e. The molecule has 1 N–H and O–H groups in total. The molecule has 0 spiro atoms. The molecule has 2 aliphatic rings. The lowest BCUT2D eigenvalue weighted by Gasteiger charge is -2.35. The number of phenolic OH excluding ortho intramolecular Hbond substituents is 1. The number of ether oxygens (including phenoxy) is 1. The molecule has 0 unspecified atom stereocenters. The first-order valence-corrected chi connectivity index (χ1v) is 8.58. The summed E-state index contributed by atoms with van der Waals surface area (Å²) in [5.74, 6) is -0.195. The van der Waals surface area contributed by atoms with Gasteiger partial charge in [0.25, 0.3) is 5.91 Å². The number of rotatable bonds is 2. The van der Waals surface area contributed by atoms with Crippen LogP contribution in [-0.2, 0) is 9.53 Å². The molecular formula is C17H21ClN2O4. The first-order valence-electron chi connectivity index (χ1n) is 8.20. The van der Waals surface area contributed by atoms with Crippen LogP contribution in [0, 0.1) is 5.92 Å². The molecule has 0 saturated carbocycles. The summed E-state index contributed by atoms with van der Waals surface area (Å²) in [6, 6.07) is 4.44. The number of amides is 2. The van der Waals surface area contributed by atoms with Crippen molar-refractivity contribution in [3.63, 3.8) is 0 Å². The minimum atomic E-state index is -0.243. The van der Waals surface area contributed by atoms with Crippen LogP contribution in [-0.4, -0.2) is 66.1 Å². The van der Waals surface area contributed by atoms with Gasteiger partial charge in [-0.05, 0) is 31.0 Å². The van der Waals surface area contributed by atoms with E-state index < -0.39 is 0 Å². The van der Waals surface area contributed by atoms with Gasteiger partial charge in [0.2, 0.25) is 5.91 Å². The van der Waals surface area contributed by atoms with E-state index in [1.165, 1.54) is 12.1 Å². The monoisotopic (exact) mass is 352 g/mol. The summed E-state index contributed by atoms with van der Waals surface area (Å²) < 4.78 is 5.27. The number of nitrogens with zero attached hydrogens (tertiary/aromatic N) is 2. The number of phenols is 1. The van der Waals surface area contributed by atoms with Gasteiger partial charge in [-0.1, -0.05) is 11.6 Å². The number of carbonyl (C=O) groups excluding carboxylic acids is 2. The van der Waals surface area contributed by atoms with E-state index in [0.29, 0.717) is 57.3 Å². The minimum Gasteiger partial charge on any atom is -0.507 e. The quantitative estimate of drug-likeness (QED) is 0.880. The van der Waals surface area contributed by atoms with Gasteiger partial charge in [-0.15, -0.1) is 0 Å². The Labute approximate surface area is 145 Å². The van der Waals surface area contributed by atoms with E-state index in [9.17, 15) is 14.7 Å². The summed E-state index contributed by atoms with van der Waals surface area (Å²) in [7, 11) is 0. The number of carbonyl (C=O) groups is 2. The number of morpholine rings is 1. The molecule has 3 rings (SSSR count). The van der Waals surface area contributed by atoms with Crippen LogP contribution in [0.4, 0.5) is 0 Å². The summed E-state index contributed by atoms with van der Waals surface area (Å²) in [5.41, 5.74) is 0.209. The van der Waals surface area contributed by atoms with Crippen LogP contribution >= 0.6 is 11.6 Å². The first kappa shape index (κ1) is 17.0. The molecular weight excluding hydrogens is 332 g/mol. The Morgan fingerprint density at radius 2 is 1.75 bits per heavy atom. The maximum Gasteiger partial charge on any atom is 0.257 e. The average Bonchev–Trinajstić information content (AvgIpc) is 2.63. The van der Waals surface area contributed by atoms with Gasteiger partial charge in [0.15, 0.2) is 0 Å². The molecule has 130 valence electrons. The number of likely N-dealkylation sites (tertiary alicyclic amines) is 1. The number of hydrogen-bond donors (Lipinski definition) is 1. The lowest BCUT2D eigenvalue weighted by atomic mass is 9.94. The van der Waals surface area contributed by atoms with E-state index >= 15 is 0 Å². The lowest BCUT2D eigenvalue weighted by Crippen LogP contribution is -2.47. The van der Waals surface area contributed by atoms with Crippen molar-refractivity contribution in [1.82, 2.24) is 9.80 Å². The summed E-state index contributed by atoms with van der Waals surface area (Å²) in [6.07, 6.45) is 1.28. The molecule has 24 heavy (non-hydrogen) atoms. The second-order valence-corrected chi connectivity index (χ2v) is 6.60. The number of piperidine rings is 1. The van der Waals surface area contributed by atoms with Crippen molar-refractivity contribution < 1.29 is 19.4 Å². The van der Waals surface area contributed by atoms with Gasteiger partial charge >= 0.3 is 0 Å². The Balaban J connectivity index is 1.59. The van der Waals surface area contributed by atoms with Crippen molar-refractivity contribution in [1.29, 1.82) is 0 Å². The molecule has 1 aromatic rings. The van der Waals surface area contributed by atoms with Crippen LogP contribution in [0.3, 0.4) is 0 Å². The van der Waals surface area contributed by atoms with Crippen LogP contribution in [0.1, 0.15) is 23.2 Å². The van der Waals surface area contributed by atoms with Crippen molar-refractivity contribution in [2.24, 2.45) is 5.92 Å². The molecule has 2 heterocycles. The molecule has 0 aliphatic carbocycles. The SMILES string of the molecule is O=C(c1cc(Cl)ccc1O)N1CCC(C(=O)N2CCOCC2)CC1. The van der Waals surface area contributed by atoms with Gasteiger partial charge in [0.1, 0.15) is 5.75 Å². The molecule has 6 nitrogen and oxygen atoms in total. The van der Waals surface area contributed by atoms with Gasteiger partial charge in [0.05, 0.1) is 18.8 Å². The second kappa shape index (κ2) is 7.40. The predicted molar refractivity (Wildman–Crippen MR) is 89.1 cm³/mol. The average molecular weight is 353 g/mol. The molecule has 2 amide bonds. The van der Waals surface area contributed by atoms with Crippen LogP contribution in [0.15, 0.2) is 18.2 Å². The van der Waals surface area contributed by atoms with Crippen molar-refractivity contribution in [2.75, 3.05) is 39.4 Å². The molecule has 2 saturated heterocycles. The summed E-state index contributed by atoms with van der Waals surface area (Å²) in [5, 5.41) is 10.3. The second-order valence-electron chi connectivity index (χ2n) is 6.17. The molecule has 2 aliphatic heterocycles. The topological polar surface area (TPSA) is 70.1 Å². The van der Waals surface area contributed by atoms with Crippen LogP contribution < -0.4 is 0 Å². The van der Waals surface area contributed by atoms with Crippen molar-refractivity contribution in [2.45, 2.75) is 12.8 Å². The van der Waals surface area contributed by atoms with E-state index in [2.05, 4.69) is 0 Å². The molecule has 0 atom stereocenters. The zero-order valence-corrected chi connectivity index (χ0v) is 14.2. The van der Waals surface area contributed by atoms with E-state index in [0.717, 1.165) is 0 Å². The predicted octanol–water partition coefficient (Wildman–Crippen LogP) is 1.76. The number of aromatic hydroxyl groups is 1. The van der Waals surface area contributed by atoms with Crippen molar-refractivity contribution in [3.8, 4) is 5.75 Å². The standard InChI is InChI=1S/C17H21ClN2O4/c18-13-1-2-15(21)14(11-13)17(23)19-5-3-12(4-6-19)16(22)20-7-9-24-10-8-20/h1-2,11-12,21H,3-10H2. The minimum absolute atomic E-state index is 0.0416. The van der Waals surface area contributed by atoms with Gasteiger partial charge in [-0.25, -0.2) is 0 Å². The van der Waals surface area contributed by atoms with Crippen LogP contribution in [0.5, 0.6) is 5.75 Å². The summed E-state index contributed by atoms with van der Waals surface area (Å²) in [6.45, 7) is 3.49. The molecule has 0 bridgehead atoms. The van der Waals surface area contributed by atoms with Crippen molar-refractivity contribution in [3.05, 3.63) is 28.8 Å². The number of halogens is 1. The zero-order valence-electron chi connectivity index (χ0n) is 13.4. The Morgan fingerprint density at radius 3 is 2.42 bits per heavy atom. The highest BCUT2D eigenvalue weighted by Gasteiger charge is 2.31. The molecule has 1 aromatic carbocycles. The van der Waals surface area contributed by atoms with E-state index in [-0.39, 0.29) is 29.0 Å². The van der Waals surface area contributed by atoms with Crippen molar-refractivity contribution >= 4 is 23.4 Å². The first-order chi connectivity index (χ1) is 11.6.